The van der Waals surface area contributed by atoms with Gasteiger partial charge in [-0.25, -0.2) is 4.85 Å². The Hall–Kier alpha value is -2.62. The molecule has 0 radical (unpaired) electrons. The largest absolute Gasteiger partial charge is 0.502 e. The van der Waals surface area contributed by atoms with Crippen molar-refractivity contribution in [3.05, 3.63) is 39.7 Å². The highest BCUT2D eigenvalue weighted by Crippen LogP contribution is 2.37. The van der Waals surface area contributed by atoms with E-state index in [4.69, 9.17) is 11.3 Å². The van der Waals surface area contributed by atoms with E-state index >= 15 is 0 Å². The molecule has 0 N–H and O–H groups in total. The number of rotatable bonds is 6. The molecule has 1 atom stereocenters. The maximum atomic E-state index is 12.4. The van der Waals surface area contributed by atoms with Crippen LogP contribution in [0.4, 0.5) is 11.4 Å². The lowest BCUT2D eigenvalue weighted by molar-refractivity contribution is -0.383. The van der Waals surface area contributed by atoms with Gasteiger partial charge in [0.05, 0.1) is 17.5 Å². The Morgan fingerprint density at radius 3 is 2.88 bits per heavy atom. The summed E-state index contributed by atoms with van der Waals surface area (Å²) in [6.07, 6.45) is 3.33. The molecule has 0 aromatic heterocycles. The van der Waals surface area contributed by atoms with Gasteiger partial charge in [-0.1, -0.05) is 19.9 Å². The van der Waals surface area contributed by atoms with E-state index in [1.54, 1.807) is 6.07 Å². The number of piperidine rings is 1. The van der Waals surface area contributed by atoms with Crippen LogP contribution in [0.5, 0.6) is 5.75 Å². The van der Waals surface area contributed by atoms with E-state index in [0.29, 0.717) is 18.9 Å². The smallest absolute Gasteiger partial charge is 0.303 e. The highest BCUT2D eigenvalue weighted by Gasteiger charge is 2.28. The molecule has 2 rings (SSSR count). The van der Waals surface area contributed by atoms with E-state index in [9.17, 15) is 14.9 Å². The summed E-state index contributed by atoms with van der Waals surface area (Å²) in [5, 5.41) is 11.0. The minimum absolute atomic E-state index is 0.0576. The summed E-state index contributed by atoms with van der Waals surface area (Å²) in [7, 11) is 0. The van der Waals surface area contributed by atoms with Crippen molar-refractivity contribution in [3.8, 4) is 5.75 Å². The van der Waals surface area contributed by atoms with E-state index in [1.165, 1.54) is 12.1 Å². The molecule has 7 nitrogen and oxygen atoms in total. The fourth-order valence-corrected chi connectivity index (χ4v) is 3.04. The molecular weight excluding hydrogens is 322 g/mol. The summed E-state index contributed by atoms with van der Waals surface area (Å²) >= 11 is 0. The molecule has 25 heavy (non-hydrogen) atoms. The van der Waals surface area contributed by atoms with E-state index in [1.807, 2.05) is 18.7 Å². The van der Waals surface area contributed by atoms with Gasteiger partial charge in [-0.3, -0.25) is 14.9 Å². The molecular formula is C18H23N3O4. The minimum atomic E-state index is -0.584. The van der Waals surface area contributed by atoms with Crippen LogP contribution in [0.2, 0.25) is 0 Å². The zero-order chi connectivity index (χ0) is 18.4. The van der Waals surface area contributed by atoms with Crippen molar-refractivity contribution in [3.63, 3.8) is 0 Å². The molecule has 1 aromatic carbocycles. The third-order valence-corrected chi connectivity index (χ3v) is 4.25. The molecule has 1 aromatic rings. The summed E-state index contributed by atoms with van der Waals surface area (Å²) < 4.78 is 5.73. The van der Waals surface area contributed by atoms with Gasteiger partial charge in [0.15, 0.2) is 0 Å². The number of carbonyl (C=O) groups is 1. The van der Waals surface area contributed by atoms with Crippen LogP contribution in [-0.2, 0) is 4.79 Å². The molecule has 134 valence electrons. The zero-order valence-corrected chi connectivity index (χ0v) is 14.6. The first-order chi connectivity index (χ1) is 11.9. The van der Waals surface area contributed by atoms with Crippen molar-refractivity contribution >= 4 is 17.3 Å². The van der Waals surface area contributed by atoms with Crippen molar-refractivity contribution in [2.24, 2.45) is 5.92 Å². The van der Waals surface area contributed by atoms with Gasteiger partial charge in [0.2, 0.25) is 5.91 Å². The number of nitrogens with zero attached hydrogens (tertiary/aromatic N) is 3. The SMILES string of the molecule is [C-]#[N+]c1c(OC[C@@H]2CCCCN2C(=O)CC(C)C)cccc1[N+](=O)[O-]. The number of hydrogen-bond donors (Lipinski definition) is 0. The minimum Gasteiger partial charge on any atom is -0.502 e. The van der Waals surface area contributed by atoms with Crippen LogP contribution in [0.3, 0.4) is 0 Å². The van der Waals surface area contributed by atoms with Crippen molar-refractivity contribution in [2.75, 3.05) is 13.2 Å². The standard InChI is InChI=1S/C18H23N3O4/c1-13(2)11-17(22)20-10-5-4-7-14(20)12-25-16-9-6-8-15(21(23)24)18(16)19-3/h6,8-9,13-14H,4-5,7,10-12H2,1-2H3/t14-/m0/s1. The summed E-state index contributed by atoms with van der Waals surface area (Å²) in [6, 6.07) is 4.30. The van der Waals surface area contributed by atoms with Crippen molar-refractivity contribution in [2.45, 2.75) is 45.6 Å². The lowest BCUT2D eigenvalue weighted by Crippen LogP contribution is -2.47. The van der Waals surface area contributed by atoms with Crippen molar-refractivity contribution in [1.82, 2.24) is 4.90 Å². The normalized spacial score (nSPS) is 17.2. The van der Waals surface area contributed by atoms with Gasteiger partial charge in [-0.05, 0) is 31.2 Å². The van der Waals surface area contributed by atoms with Crippen molar-refractivity contribution < 1.29 is 14.5 Å². The molecule has 0 bridgehead atoms. The third kappa shape index (κ3) is 4.69. The van der Waals surface area contributed by atoms with Crippen LogP contribution >= 0.6 is 0 Å². The summed E-state index contributed by atoms with van der Waals surface area (Å²) in [4.78, 5) is 28.0. The molecule has 0 spiro atoms. The first kappa shape index (κ1) is 18.7. The maximum absolute atomic E-state index is 12.4. The third-order valence-electron chi connectivity index (χ3n) is 4.25. The second kappa shape index (κ2) is 8.47. The quantitative estimate of drug-likeness (QED) is 0.444. The van der Waals surface area contributed by atoms with Gasteiger partial charge in [-0.15, -0.1) is 0 Å². The fraction of sp³-hybridized carbons (Fsp3) is 0.556. The Morgan fingerprint density at radius 2 is 2.24 bits per heavy atom. The number of ether oxygens (including phenoxy) is 1. The van der Waals surface area contributed by atoms with Gasteiger partial charge in [0.1, 0.15) is 12.4 Å². The lowest BCUT2D eigenvalue weighted by Gasteiger charge is -2.36. The molecule has 0 saturated carbocycles. The second-order valence-electron chi connectivity index (χ2n) is 6.64. The Labute approximate surface area is 147 Å². The Morgan fingerprint density at radius 1 is 1.48 bits per heavy atom. The predicted molar refractivity (Wildman–Crippen MR) is 93.7 cm³/mol. The average molecular weight is 345 g/mol. The number of para-hydroxylation sites is 1. The van der Waals surface area contributed by atoms with Crippen LogP contribution in [0, 0.1) is 22.6 Å². The van der Waals surface area contributed by atoms with Gasteiger partial charge in [0, 0.05) is 19.0 Å². The van der Waals surface area contributed by atoms with Crippen LogP contribution in [-0.4, -0.2) is 34.9 Å². The van der Waals surface area contributed by atoms with E-state index in [-0.39, 0.29) is 35.7 Å². The first-order valence-corrected chi connectivity index (χ1v) is 8.51. The summed E-state index contributed by atoms with van der Waals surface area (Å²) in [6.45, 7) is 12.2. The molecule has 1 aliphatic heterocycles. The number of hydrogen-bond acceptors (Lipinski definition) is 4. The van der Waals surface area contributed by atoms with Gasteiger partial charge >= 0.3 is 5.69 Å². The number of amides is 1. The maximum Gasteiger partial charge on any atom is 0.303 e. The molecule has 1 saturated heterocycles. The molecule has 1 fully saturated rings. The number of nitro groups is 1. The van der Waals surface area contributed by atoms with Crippen LogP contribution in [0.25, 0.3) is 4.85 Å². The van der Waals surface area contributed by atoms with E-state index in [0.717, 1.165) is 19.3 Å². The number of likely N-dealkylation sites (tertiary alicyclic amines) is 1. The summed E-state index contributed by atoms with van der Waals surface area (Å²) in [5.74, 6) is 0.611. The second-order valence-corrected chi connectivity index (χ2v) is 6.64. The Bertz CT molecular complexity index is 681. The predicted octanol–water partition coefficient (Wildman–Crippen LogP) is 3.95. The summed E-state index contributed by atoms with van der Waals surface area (Å²) in [5.41, 5.74) is -0.354. The van der Waals surface area contributed by atoms with Gasteiger partial charge in [-0.2, -0.15) is 0 Å². The molecule has 1 amide bonds. The average Bonchev–Trinajstić information content (AvgIpc) is 2.59. The monoisotopic (exact) mass is 345 g/mol. The number of carbonyl (C=O) groups excluding carboxylic acids is 1. The highest BCUT2D eigenvalue weighted by atomic mass is 16.6. The number of nitro benzene ring substituents is 1. The zero-order valence-electron chi connectivity index (χ0n) is 14.6. The lowest BCUT2D eigenvalue weighted by atomic mass is 10.0. The molecule has 7 heteroatoms. The van der Waals surface area contributed by atoms with Crippen LogP contribution < -0.4 is 4.74 Å². The Balaban J connectivity index is 2.11. The van der Waals surface area contributed by atoms with Gasteiger partial charge in [0.25, 0.3) is 5.69 Å². The molecule has 1 aliphatic rings. The topological polar surface area (TPSA) is 77.0 Å². The first-order valence-electron chi connectivity index (χ1n) is 8.51. The highest BCUT2D eigenvalue weighted by molar-refractivity contribution is 5.77. The van der Waals surface area contributed by atoms with Gasteiger partial charge < -0.3 is 9.64 Å². The molecule has 1 heterocycles. The molecule has 0 aliphatic carbocycles. The van der Waals surface area contributed by atoms with E-state index < -0.39 is 4.92 Å². The van der Waals surface area contributed by atoms with Crippen LogP contribution in [0.15, 0.2) is 18.2 Å². The van der Waals surface area contributed by atoms with Crippen LogP contribution in [0.1, 0.15) is 39.5 Å². The van der Waals surface area contributed by atoms with E-state index in [2.05, 4.69) is 4.85 Å². The molecule has 0 unspecified atom stereocenters. The Kier molecular flexibility index (Phi) is 6.34. The number of benzene rings is 1. The van der Waals surface area contributed by atoms with Crippen molar-refractivity contribution in [1.29, 1.82) is 0 Å². The fourth-order valence-electron chi connectivity index (χ4n) is 3.04.